The number of rotatable bonds is 6. The van der Waals surface area contributed by atoms with Crippen LogP contribution < -0.4 is 11.1 Å². The van der Waals surface area contributed by atoms with Gasteiger partial charge in [-0.2, -0.15) is 10.2 Å². The van der Waals surface area contributed by atoms with Gasteiger partial charge >= 0.3 is 0 Å². The number of nitrogens with one attached hydrogen (secondary N) is 2. The number of fused-ring (bicyclic) bond motifs is 1. The number of aromatic amines is 1. The molecule has 11 heteroatoms. The monoisotopic (exact) mass is 412 g/mol. The summed E-state index contributed by atoms with van der Waals surface area (Å²) in [6.45, 7) is -0.262. The second-order valence-electron chi connectivity index (χ2n) is 6.31. The average molecular weight is 413 g/mol. The van der Waals surface area contributed by atoms with Crippen LogP contribution in [0.2, 0.25) is 5.15 Å². The first-order valence-corrected chi connectivity index (χ1v) is 9.11. The van der Waals surface area contributed by atoms with Crippen LogP contribution in [0, 0.1) is 0 Å². The van der Waals surface area contributed by atoms with Gasteiger partial charge in [-0.05, 0) is 18.1 Å². The number of aromatic nitrogens is 6. The Balaban J connectivity index is 1.54. The van der Waals surface area contributed by atoms with E-state index in [-0.39, 0.29) is 29.1 Å². The molecule has 4 rings (SSSR count). The highest BCUT2D eigenvalue weighted by atomic mass is 35.5. The third-order valence-electron chi connectivity index (χ3n) is 4.38. The van der Waals surface area contributed by atoms with Gasteiger partial charge in [0.05, 0.1) is 25.0 Å². The second kappa shape index (κ2) is 7.86. The number of carbonyl (C=O) groups excluding carboxylic acids is 1. The van der Waals surface area contributed by atoms with Gasteiger partial charge in [0.1, 0.15) is 0 Å². The van der Waals surface area contributed by atoms with Crippen molar-refractivity contribution in [2.24, 2.45) is 0 Å². The fourth-order valence-electron chi connectivity index (χ4n) is 3.02. The number of aliphatic hydroxyl groups excluding tert-OH is 1. The molecule has 4 aromatic rings. The van der Waals surface area contributed by atoms with Crippen LogP contribution >= 0.6 is 11.6 Å². The van der Waals surface area contributed by atoms with Gasteiger partial charge in [-0.15, -0.1) is 4.80 Å². The summed E-state index contributed by atoms with van der Waals surface area (Å²) >= 11 is 6.12. The molecule has 5 N–H and O–H groups in total. The number of hydrogen-bond acceptors (Lipinski definition) is 7. The van der Waals surface area contributed by atoms with Crippen LogP contribution in [0.3, 0.4) is 0 Å². The summed E-state index contributed by atoms with van der Waals surface area (Å²) in [6.07, 6.45) is 5.18. The summed E-state index contributed by atoms with van der Waals surface area (Å²) in [6, 6.07) is 7.25. The first-order valence-electron chi connectivity index (χ1n) is 8.73. The van der Waals surface area contributed by atoms with Crippen LogP contribution in [0.5, 0.6) is 0 Å². The van der Waals surface area contributed by atoms with Crippen molar-refractivity contribution in [3.8, 4) is 5.82 Å². The number of nitrogens with zero attached hydrogens (tertiary/aromatic N) is 5. The predicted octanol–water partition coefficient (Wildman–Crippen LogP) is 1.11. The number of amides is 1. The van der Waals surface area contributed by atoms with Crippen molar-refractivity contribution in [3.63, 3.8) is 0 Å². The van der Waals surface area contributed by atoms with Crippen molar-refractivity contribution in [2.45, 2.75) is 12.5 Å². The molecule has 10 nitrogen and oxygen atoms in total. The number of H-pyrrole nitrogens is 1. The molecular formula is C18H17ClN8O2. The summed E-state index contributed by atoms with van der Waals surface area (Å²) in [5.41, 5.74) is 7.71. The molecule has 29 heavy (non-hydrogen) atoms. The van der Waals surface area contributed by atoms with Gasteiger partial charge < -0.3 is 21.1 Å². The fourth-order valence-corrected chi connectivity index (χ4v) is 3.22. The molecule has 0 aliphatic carbocycles. The normalized spacial score (nSPS) is 12.2. The largest absolute Gasteiger partial charge is 0.394 e. The number of hydrogen-bond donors (Lipinski definition) is 4. The molecule has 0 aliphatic heterocycles. The Morgan fingerprint density at radius 1 is 1.28 bits per heavy atom. The van der Waals surface area contributed by atoms with Gasteiger partial charge in [0.25, 0.3) is 5.91 Å². The van der Waals surface area contributed by atoms with E-state index in [4.69, 9.17) is 17.3 Å². The first kappa shape index (κ1) is 18.8. The van der Waals surface area contributed by atoms with Crippen molar-refractivity contribution in [2.75, 3.05) is 12.3 Å². The van der Waals surface area contributed by atoms with E-state index in [0.717, 1.165) is 21.3 Å². The molecule has 1 amide bonds. The summed E-state index contributed by atoms with van der Waals surface area (Å²) in [5, 5.41) is 21.3. The molecule has 148 valence electrons. The lowest BCUT2D eigenvalue weighted by atomic mass is 10.1. The molecule has 0 fully saturated rings. The van der Waals surface area contributed by atoms with E-state index >= 15 is 0 Å². The van der Waals surface area contributed by atoms with Gasteiger partial charge in [-0.3, -0.25) is 4.79 Å². The minimum atomic E-state index is -0.587. The maximum atomic E-state index is 12.7. The Kier molecular flexibility index (Phi) is 5.10. The molecule has 3 heterocycles. The van der Waals surface area contributed by atoms with Gasteiger partial charge in [-0.25, -0.2) is 9.97 Å². The zero-order chi connectivity index (χ0) is 20.4. The highest BCUT2D eigenvalue weighted by Gasteiger charge is 2.22. The lowest BCUT2D eigenvalue weighted by molar-refractivity contribution is 0.0912. The molecule has 0 aliphatic rings. The summed E-state index contributed by atoms with van der Waals surface area (Å²) in [4.78, 5) is 25.1. The highest BCUT2D eigenvalue weighted by Crippen LogP contribution is 2.20. The van der Waals surface area contributed by atoms with E-state index in [1.165, 1.54) is 12.4 Å². The van der Waals surface area contributed by atoms with E-state index in [0.29, 0.717) is 6.42 Å². The number of halogens is 1. The Morgan fingerprint density at radius 2 is 2.03 bits per heavy atom. The smallest absolute Gasteiger partial charge is 0.274 e. The van der Waals surface area contributed by atoms with Crippen molar-refractivity contribution >= 4 is 34.2 Å². The molecule has 0 saturated carbocycles. The summed E-state index contributed by atoms with van der Waals surface area (Å²) in [7, 11) is 0. The number of nitrogen functional groups attached to an aromatic ring is 1. The molecule has 0 unspecified atom stereocenters. The number of carbonyl (C=O) groups is 1. The number of anilines is 1. The second-order valence-corrected chi connectivity index (χ2v) is 6.66. The van der Waals surface area contributed by atoms with Crippen molar-refractivity contribution in [1.82, 2.24) is 35.3 Å². The van der Waals surface area contributed by atoms with Crippen LogP contribution in [0.1, 0.15) is 16.1 Å². The minimum Gasteiger partial charge on any atom is -0.394 e. The predicted molar refractivity (Wildman–Crippen MR) is 107 cm³/mol. The zero-order valence-electron chi connectivity index (χ0n) is 15.1. The maximum Gasteiger partial charge on any atom is 0.274 e. The van der Waals surface area contributed by atoms with Crippen molar-refractivity contribution in [3.05, 3.63) is 59.3 Å². The molecular weight excluding hydrogens is 396 g/mol. The Bertz CT molecular complexity index is 1160. The van der Waals surface area contributed by atoms with E-state index in [1.807, 2.05) is 30.5 Å². The lowest BCUT2D eigenvalue weighted by Crippen LogP contribution is -2.40. The average Bonchev–Trinajstić information content (AvgIpc) is 3.39. The quantitative estimate of drug-likeness (QED) is 0.370. The summed E-state index contributed by atoms with van der Waals surface area (Å²) < 4.78 is 0. The number of nitrogens with two attached hydrogens (primary N) is 1. The van der Waals surface area contributed by atoms with Crippen LogP contribution in [0.25, 0.3) is 16.7 Å². The van der Waals surface area contributed by atoms with Crippen LogP contribution in [-0.4, -0.2) is 53.6 Å². The highest BCUT2D eigenvalue weighted by molar-refractivity contribution is 6.31. The summed E-state index contributed by atoms with van der Waals surface area (Å²) in [5.74, 6) is -0.595. The molecule has 0 radical (unpaired) electrons. The Hall–Kier alpha value is -3.50. The lowest BCUT2D eigenvalue weighted by Gasteiger charge is -2.16. The maximum absolute atomic E-state index is 12.7. The SMILES string of the molecule is Nc1nc(-n2nccn2)c(Cl)nc1C(=O)N[C@H](CO)Cc1c[nH]c2ccccc12. The Labute approximate surface area is 169 Å². The fraction of sp³-hybridized carbons (Fsp3) is 0.167. The molecule has 0 saturated heterocycles. The molecule has 3 aromatic heterocycles. The number of aliphatic hydroxyl groups is 1. The minimum absolute atomic E-state index is 0.0715. The molecule has 0 bridgehead atoms. The van der Waals surface area contributed by atoms with E-state index in [9.17, 15) is 9.90 Å². The van der Waals surface area contributed by atoms with Crippen molar-refractivity contribution in [1.29, 1.82) is 0 Å². The zero-order valence-corrected chi connectivity index (χ0v) is 15.8. The van der Waals surface area contributed by atoms with Gasteiger partial charge in [-0.1, -0.05) is 29.8 Å². The van der Waals surface area contributed by atoms with Crippen LogP contribution in [-0.2, 0) is 6.42 Å². The molecule has 1 atom stereocenters. The third-order valence-corrected chi connectivity index (χ3v) is 4.64. The van der Waals surface area contributed by atoms with Crippen molar-refractivity contribution < 1.29 is 9.90 Å². The van der Waals surface area contributed by atoms with Gasteiger partial charge in [0.2, 0.25) is 5.82 Å². The van der Waals surface area contributed by atoms with Crippen LogP contribution in [0.4, 0.5) is 5.82 Å². The van der Waals surface area contributed by atoms with E-state index < -0.39 is 11.9 Å². The van der Waals surface area contributed by atoms with Gasteiger partial charge in [0.15, 0.2) is 16.7 Å². The number of benzene rings is 1. The topological polar surface area (TPSA) is 148 Å². The molecule has 1 aromatic carbocycles. The number of para-hydroxylation sites is 1. The standard InChI is InChI=1S/C18H17ClN8O2/c19-15-17(27-22-5-6-23-27)26-16(20)14(25-15)18(29)24-11(9-28)7-10-8-21-13-4-2-1-3-12(10)13/h1-6,8,11,21,28H,7,9H2,(H2,20,26)(H,24,29)/t11-/m0/s1. The third kappa shape index (κ3) is 3.75. The van der Waals surface area contributed by atoms with E-state index in [2.05, 4.69) is 30.5 Å². The first-order chi connectivity index (χ1) is 14.1. The molecule has 0 spiro atoms. The van der Waals surface area contributed by atoms with Gasteiger partial charge in [0, 0.05) is 17.1 Å². The Morgan fingerprint density at radius 3 is 2.79 bits per heavy atom. The van der Waals surface area contributed by atoms with E-state index in [1.54, 1.807) is 0 Å². The van der Waals surface area contributed by atoms with Crippen LogP contribution in [0.15, 0.2) is 42.9 Å².